The van der Waals surface area contributed by atoms with Gasteiger partial charge in [-0.1, -0.05) is 338 Å². The highest BCUT2D eigenvalue weighted by Gasteiger charge is 2.30. The summed E-state index contributed by atoms with van der Waals surface area (Å²) in [5.41, 5.74) is 0. The van der Waals surface area contributed by atoms with Crippen molar-refractivity contribution in [1.82, 2.24) is 0 Å². The number of hydrogen-bond acceptors (Lipinski definition) is 15. The Morgan fingerprint density at radius 2 is 0.500 bits per heavy atom. The molecule has 0 bridgehead atoms. The molecule has 0 saturated carbocycles. The molecule has 0 rings (SSSR count). The van der Waals surface area contributed by atoms with Gasteiger partial charge in [-0.3, -0.25) is 37.3 Å². The van der Waals surface area contributed by atoms with E-state index in [4.69, 9.17) is 37.0 Å². The van der Waals surface area contributed by atoms with Gasteiger partial charge in [0.05, 0.1) is 26.4 Å². The van der Waals surface area contributed by atoms with E-state index in [1.54, 1.807) is 0 Å². The Morgan fingerprint density at radius 3 is 0.740 bits per heavy atom. The highest BCUT2D eigenvalue weighted by atomic mass is 31.2. The van der Waals surface area contributed by atoms with Crippen LogP contribution in [0.1, 0.15) is 389 Å². The van der Waals surface area contributed by atoms with E-state index in [1.807, 2.05) is 0 Å². The minimum Gasteiger partial charge on any atom is -0.462 e. The maximum absolute atomic E-state index is 13.1. The predicted molar refractivity (Wildman–Crippen MR) is 391 cm³/mol. The van der Waals surface area contributed by atoms with E-state index in [9.17, 15) is 43.2 Å². The second kappa shape index (κ2) is 66.3. The number of rotatable bonds is 74. The summed E-state index contributed by atoms with van der Waals surface area (Å²) in [6.45, 7) is 14.2. The number of unbranched alkanes of at least 4 members (excludes halogenated alkanes) is 38. The Balaban J connectivity index is 5.16. The summed E-state index contributed by atoms with van der Waals surface area (Å²) in [7, 11) is -9.91. The normalized spacial score (nSPS) is 14.7. The minimum absolute atomic E-state index is 0.104. The standard InChI is InChI=1S/C77H150O17P2/c1-9-69(7)55-47-39-31-25-19-17-15-13-11-12-14-16-18-20-26-32-41-49-57-74(79)87-63-72(93-76(81)59-51-43-33-27-21-23-29-37-45-53-67(3)4)65-91-95(83,84)89-61-71(78)62-90-96(85,86)92-66-73(64-88-75(80)58-50-42-36-35-40-48-56-70(8)10-2)94-77(82)60-52-44-34-28-22-24-30-38-46-54-68(5)6/h67-73,78H,9-66H2,1-8H3,(H,83,84)(H,85,86)/t69?,70?,71-,72-,73-/m1/s1. The smallest absolute Gasteiger partial charge is 0.462 e. The fraction of sp³-hybridized carbons (Fsp3) is 0.948. The highest BCUT2D eigenvalue weighted by molar-refractivity contribution is 7.47. The van der Waals surface area contributed by atoms with Crippen LogP contribution >= 0.6 is 15.6 Å². The van der Waals surface area contributed by atoms with Gasteiger partial charge in [-0.2, -0.15) is 0 Å². The van der Waals surface area contributed by atoms with Crippen molar-refractivity contribution in [2.45, 2.75) is 408 Å². The maximum atomic E-state index is 13.1. The summed E-state index contributed by atoms with van der Waals surface area (Å²) in [5, 5.41) is 10.6. The topological polar surface area (TPSA) is 237 Å². The predicted octanol–water partition coefficient (Wildman–Crippen LogP) is 22.4. The highest BCUT2D eigenvalue weighted by Crippen LogP contribution is 2.45. The zero-order valence-corrected chi connectivity index (χ0v) is 64.8. The van der Waals surface area contributed by atoms with Gasteiger partial charge in [0.15, 0.2) is 12.2 Å². The van der Waals surface area contributed by atoms with Crippen LogP contribution in [0.3, 0.4) is 0 Å². The van der Waals surface area contributed by atoms with Crippen LogP contribution in [0, 0.1) is 23.7 Å². The molecule has 570 valence electrons. The Kier molecular flexibility index (Phi) is 65.0. The van der Waals surface area contributed by atoms with Gasteiger partial charge in [0.1, 0.15) is 19.3 Å². The number of phosphoric ester groups is 2. The quantitative estimate of drug-likeness (QED) is 0.0222. The molecular formula is C77H150O17P2. The number of carbonyl (C=O) groups excluding carboxylic acids is 4. The maximum Gasteiger partial charge on any atom is 0.472 e. The third kappa shape index (κ3) is 67.9. The lowest BCUT2D eigenvalue weighted by molar-refractivity contribution is -0.161. The van der Waals surface area contributed by atoms with Crippen LogP contribution in [0.5, 0.6) is 0 Å². The molecule has 7 atom stereocenters. The molecule has 0 aromatic carbocycles. The first-order chi connectivity index (χ1) is 46.2. The van der Waals surface area contributed by atoms with Crippen molar-refractivity contribution in [3.05, 3.63) is 0 Å². The Labute approximate surface area is 588 Å². The molecule has 0 aromatic rings. The van der Waals surface area contributed by atoms with E-state index >= 15 is 0 Å². The van der Waals surface area contributed by atoms with Gasteiger partial charge in [0.2, 0.25) is 0 Å². The van der Waals surface area contributed by atoms with Gasteiger partial charge in [-0.05, 0) is 49.4 Å². The summed E-state index contributed by atoms with van der Waals surface area (Å²) in [6.07, 6.45) is 51.5. The van der Waals surface area contributed by atoms with Crippen LogP contribution < -0.4 is 0 Å². The number of hydrogen-bond donors (Lipinski definition) is 3. The fourth-order valence-corrected chi connectivity index (χ4v) is 13.2. The van der Waals surface area contributed by atoms with E-state index in [-0.39, 0.29) is 25.7 Å². The summed E-state index contributed by atoms with van der Waals surface area (Å²) >= 11 is 0. The molecule has 3 N–H and O–H groups in total. The lowest BCUT2D eigenvalue weighted by atomic mass is 9.99. The van der Waals surface area contributed by atoms with Crippen LogP contribution in [-0.4, -0.2) is 96.7 Å². The summed E-state index contributed by atoms with van der Waals surface area (Å²) in [4.78, 5) is 72.8. The largest absolute Gasteiger partial charge is 0.472 e. The molecule has 0 spiro atoms. The number of esters is 4. The summed E-state index contributed by atoms with van der Waals surface area (Å²) < 4.78 is 68.5. The molecular weight excluding hydrogens is 1260 g/mol. The number of aliphatic hydroxyl groups is 1. The van der Waals surface area contributed by atoms with Gasteiger partial charge in [-0.15, -0.1) is 0 Å². The van der Waals surface area contributed by atoms with Crippen LogP contribution in [0.25, 0.3) is 0 Å². The van der Waals surface area contributed by atoms with E-state index in [1.165, 1.54) is 186 Å². The molecule has 96 heavy (non-hydrogen) atoms. The van der Waals surface area contributed by atoms with Crippen molar-refractivity contribution in [1.29, 1.82) is 0 Å². The zero-order valence-electron chi connectivity index (χ0n) is 63.0. The molecule has 0 amide bonds. The van der Waals surface area contributed by atoms with Crippen LogP contribution in [0.4, 0.5) is 0 Å². The number of phosphoric acid groups is 2. The average Bonchev–Trinajstić information content (AvgIpc) is 1.75. The molecule has 0 aromatic heterocycles. The number of ether oxygens (including phenoxy) is 4. The van der Waals surface area contributed by atoms with Gasteiger partial charge < -0.3 is 33.8 Å². The lowest BCUT2D eigenvalue weighted by Gasteiger charge is -2.21. The third-order valence-electron chi connectivity index (χ3n) is 18.5. The molecule has 19 heteroatoms. The first-order valence-corrected chi connectivity index (χ1v) is 42.8. The van der Waals surface area contributed by atoms with Gasteiger partial charge in [-0.25, -0.2) is 9.13 Å². The second-order valence-electron chi connectivity index (χ2n) is 29.2. The average molecular weight is 1410 g/mol. The van der Waals surface area contributed by atoms with Crippen molar-refractivity contribution in [2.24, 2.45) is 23.7 Å². The molecule has 0 heterocycles. The van der Waals surface area contributed by atoms with Crippen LogP contribution in [-0.2, 0) is 65.4 Å². The van der Waals surface area contributed by atoms with E-state index in [2.05, 4.69) is 55.4 Å². The molecule has 4 unspecified atom stereocenters. The lowest BCUT2D eigenvalue weighted by Crippen LogP contribution is -2.30. The van der Waals surface area contributed by atoms with Crippen LogP contribution in [0.15, 0.2) is 0 Å². The summed E-state index contributed by atoms with van der Waals surface area (Å²) in [5.74, 6) is 0.954. The van der Waals surface area contributed by atoms with E-state index in [0.717, 1.165) is 120 Å². The SMILES string of the molecule is CCC(C)CCCCCCCCCCCCCCCCCCCCC(=O)OC[C@H](COP(=O)(O)OC[C@@H](O)COP(=O)(O)OC[C@@H](COC(=O)CCCCCCCCC(C)CC)OC(=O)CCCCCCCCCCCC(C)C)OC(=O)CCCCCCCCCCCC(C)C. The Morgan fingerprint density at radius 1 is 0.292 bits per heavy atom. The van der Waals surface area contributed by atoms with Crippen molar-refractivity contribution in [2.75, 3.05) is 39.6 Å². The monoisotopic (exact) mass is 1410 g/mol. The Bertz CT molecular complexity index is 1890. The fourth-order valence-electron chi connectivity index (χ4n) is 11.7. The molecule has 0 aliphatic carbocycles. The zero-order chi connectivity index (χ0) is 71.0. The minimum atomic E-state index is -4.96. The summed E-state index contributed by atoms with van der Waals surface area (Å²) in [6, 6.07) is 0. The second-order valence-corrected chi connectivity index (χ2v) is 32.1. The van der Waals surface area contributed by atoms with E-state index < -0.39 is 97.5 Å². The van der Waals surface area contributed by atoms with Gasteiger partial charge in [0, 0.05) is 25.7 Å². The number of carbonyl (C=O) groups is 4. The van der Waals surface area contributed by atoms with Crippen molar-refractivity contribution < 1.29 is 80.2 Å². The van der Waals surface area contributed by atoms with Crippen molar-refractivity contribution in [3.63, 3.8) is 0 Å². The third-order valence-corrected chi connectivity index (χ3v) is 20.4. The molecule has 0 aliphatic rings. The van der Waals surface area contributed by atoms with Gasteiger partial charge in [0.25, 0.3) is 0 Å². The molecule has 0 radical (unpaired) electrons. The molecule has 0 saturated heterocycles. The van der Waals surface area contributed by atoms with Gasteiger partial charge >= 0.3 is 39.5 Å². The first-order valence-electron chi connectivity index (χ1n) is 39.8. The molecule has 0 fully saturated rings. The molecule has 0 aliphatic heterocycles. The van der Waals surface area contributed by atoms with Crippen molar-refractivity contribution >= 4 is 39.5 Å². The van der Waals surface area contributed by atoms with E-state index in [0.29, 0.717) is 25.7 Å². The Hall–Kier alpha value is -1.94. The van der Waals surface area contributed by atoms with Crippen LogP contribution in [0.2, 0.25) is 0 Å². The first kappa shape index (κ1) is 94.1. The van der Waals surface area contributed by atoms with Crippen molar-refractivity contribution in [3.8, 4) is 0 Å². The molecule has 17 nitrogen and oxygen atoms in total. The number of aliphatic hydroxyl groups excluding tert-OH is 1.